The van der Waals surface area contributed by atoms with E-state index in [4.69, 9.17) is 4.98 Å². The van der Waals surface area contributed by atoms with Crippen molar-refractivity contribution in [1.82, 2.24) is 10.3 Å². The quantitative estimate of drug-likeness (QED) is 0.896. The largest absolute Gasteiger partial charge is 0.312 e. The van der Waals surface area contributed by atoms with Crippen molar-refractivity contribution >= 4 is 11.3 Å². The van der Waals surface area contributed by atoms with E-state index < -0.39 is 0 Å². The van der Waals surface area contributed by atoms with Crippen molar-refractivity contribution in [2.45, 2.75) is 71.8 Å². The van der Waals surface area contributed by atoms with Crippen molar-refractivity contribution in [2.75, 3.05) is 6.54 Å². The molecule has 1 aliphatic rings. The predicted molar refractivity (Wildman–Crippen MR) is 83.9 cm³/mol. The van der Waals surface area contributed by atoms with Gasteiger partial charge in [-0.15, -0.1) is 11.3 Å². The SMILES string of the molecule is CC(C)(C)NCC1(Cc2nc(C(C)(C)C)cs2)CC1. The van der Waals surface area contributed by atoms with E-state index in [2.05, 4.69) is 52.2 Å². The van der Waals surface area contributed by atoms with Crippen molar-refractivity contribution in [3.8, 4) is 0 Å². The van der Waals surface area contributed by atoms with Crippen LogP contribution in [0.3, 0.4) is 0 Å². The number of nitrogens with one attached hydrogen (secondary N) is 1. The van der Waals surface area contributed by atoms with Crippen LogP contribution in [0.4, 0.5) is 0 Å². The molecule has 2 nitrogen and oxygen atoms in total. The second-order valence-corrected chi connectivity index (χ2v) is 9.10. The lowest BCUT2D eigenvalue weighted by atomic mass is 9.93. The highest BCUT2D eigenvalue weighted by Gasteiger charge is 2.43. The molecule has 19 heavy (non-hydrogen) atoms. The molecule has 0 spiro atoms. The van der Waals surface area contributed by atoms with E-state index in [0.717, 1.165) is 13.0 Å². The van der Waals surface area contributed by atoms with E-state index in [-0.39, 0.29) is 11.0 Å². The fraction of sp³-hybridized carbons (Fsp3) is 0.812. The first-order valence-electron chi connectivity index (χ1n) is 7.30. The lowest BCUT2D eigenvalue weighted by Gasteiger charge is -2.24. The molecule has 3 heteroatoms. The van der Waals surface area contributed by atoms with Gasteiger partial charge in [-0.05, 0) is 39.0 Å². The molecule has 1 N–H and O–H groups in total. The molecular weight excluding hydrogens is 252 g/mol. The lowest BCUT2D eigenvalue weighted by Crippen LogP contribution is -2.40. The van der Waals surface area contributed by atoms with Crippen LogP contribution >= 0.6 is 11.3 Å². The first-order valence-corrected chi connectivity index (χ1v) is 8.18. The van der Waals surface area contributed by atoms with E-state index in [1.54, 1.807) is 0 Å². The van der Waals surface area contributed by atoms with Gasteiger partial charge in [-0.1, -0.05) is 20.8 Å². The standard InChI is InChI=1S/C16H28N2S/c1-14(2,3)12-10-19-13(18-12)9-16(7-8-16)11-17-15(4,5)6/h10,17H,7-9,11H2,1-6H3. The van der Waals surface area contributed by atoms with Crippen LogP contribution in [0.25, 0.3) is 0 Å². The van der Waals surface area contributed by atoms with Crippen LogP contribution in [-0.2, 0) is 11.8 Å². The molecule has 1 aliphatic carbocycles. The van der Waals surface area contributed by atoms with Crippen LogP contribution in [0.5, 0.6) is 0 Å². The maximum atomic E-state index is 4.84. The van der Waals surface area contributed by atoms with Gasteiger partial charge < -0.3 is 5.32 Å². The van der Waals surface area contributed by atoms with Crippen molar-refractivity contribution in [3.63, 3.8) is 0 Å². The molecule has 0 aromatic carbocycles. The third-order valence-corrected chi connectivity index (χ3v) is 4.65. The van der Waals surface area contributed by atoms with Crippen LogP contribution in [0.1, 0.15) is 65.1 Å². The number of hydrogen-bond donors (Lipinski definition) is 1. The van der Waals surface area contributed by atoms with Crippen LogP contribution in [0.2, 0.25) is 0 Å². The highest BCUT2D eigenvalue weighted by atomic mass is 32.1. The zero-order chi connectivity index (χ0) is 14.3. The van der Waals surface area contributed by atoms with Gasteiger partial charge in [0.05, 0.1) is 10.7 Å². The maximum absolute atomic E-state index is 4.84. The van der Waals surface area contributed by atoms with Crippen LogP contribution in [-0.4, -0.2) is 17.1 Å². The maximum Gasteiger partial charge on any atom is 0.0934 e. The van der Waals surface area contributed by atoms with E-state index in [1.807, 2.05) is 11.3 Å². The Morgan fingerprint density at radius 1 is 1.21 bits per heavy atom. The molecule has 0 radical (unpaired) electrons. The Hall–Kier alpha value is -0.410. The summed E-state index contributed by atoms with van der Waals surface area (Å²) >= 11 is 1.84. The van der Waals surface area contributed by atoms with Crippen LogP contribution in [0, 0.1) is 5.41 Å². The Bertz CT molecular complexity index is 430. The van der Waals surface area contributed by atoms with Crippen molar-refractivity contribution in [2.24, 2.45) is 5.41 Å². The topological polar surface area (TPSA) is 24.9 Å². The van der Waals surface area contributed by atoms with Crippen LogP contribution in [0.15, 0.2) is 5.38 Å². The third-order valence-electron chi connectivity index (χ3n) is 3.80. The first-order chi connectivity index (χ1) is 8.60. The fourth-order valence-electron chi connectivity index (χ4n) is 2.10. The molecular formula is C16H28N2S. The van der Waals surface area contributed by atoms with Gasteiger partial charge in [-0.3, -0.25) is 0 Å². The number of thiazole rings is 1. The highest BCUT2D eigenvalue weighted by molar-refractivity contribution is 7.09. The molecule has 0 bridgehead atoms. The zero-order valence-corrected chi connectivity index (χ0v) is 14.1. The van der Waals surface area contributed by atoms with Gasteiger partial charge in [-0.25, -0.2) is 4.98 Å². The van der Waals surface area contributed by atoms with E-state index in [0.29, 0.717) is 5.41 Å². The third kappa shape index (κ3) is 4.28. The molecule has 1 heterocycles. The minimum Gasteiger partial charge on any atom is -0.312 e. The molecule has 1 fully saturated rings. The fourth-order valence-corrected chi connectivity index (χ4v) is 3.30. The Morgan fingerprint density at radius 3 is 2.26 bits per heavy atom. The van der Waals surface area contributed by atoms with Crippen LogP contribution < -0.4 is 5.32 Å². The summed E-state index contributed by atoms with van der Waals surface area (Å²) in [5.74, 6) is 0. The van der Waals surface area contributed by atoms with E-state index >= 15 is 0 Å². The molecule has 1 aromatic heterocycles. The number of hydrogen-bond acceptors (Lipinski definition) is 3. The average molecular weight is 280 g/mol. The van der Waals surface area contributed by atoms with Gasteiger partial charge in [-0.2, -0.15) is 0 Å². The minimum absolute atomic E-state index is 0.176. The second-order valence-electron chi connectivity index (χ2n) is 8.16. The monoisotopic (exact) mass is 280 g/mol. The molecule has 108 valence electrons. The molecule has 0 aliphatic heterocycles. The minimum atomic E-state index is 0.176. The van der Waals surface area contributed by atoms with Gasteiger partial charge in [0, 0.05) is 29.3 Å². The molecule has 1 saturated carbocycles. The summed E-state index contributed by atoms with van der Waals surface area (Å²) < 4.78 is 0. The second kappa shape index (κ2) is 4.85. The Morgan fingerprint density at radius 2 is 1.84 bits per heavy atom. The summed E-state index contributed by atoms with van der Waals surface area (Å²) in [6.07, 6.45) is 3.85. The number of aromatic nitrogens is 1. The molecule has 0 amide bonds. The summed E-state index contributed by atoms with van der Waals surface area (Å²) in [6.45, 7) is 14.6. The summed E-state index contributed by atoms with van der Waals surface area (Å²) in [7, 11) is 0. The van der Waals surface area contributed by atoms with E-state index in [1.165, 1.54) is 23.5 Å². The summed E-state index contributed by atoms with van der Waals surface area (Å²) in [6, 6.07) is 0. The summed E-state index contributed by atoms with van der Waals surface area (Å²) in [4.78, 5) is 4.84. The van der Waals surface area contributed by atoms with Gasteiger partial charge in [0.2, 0.25) is 0 Å². The Balaban J connectivity index is 1.96. The normalized spacial score (nSPS) is 18.6. The van der Waals surface area contributed by atoms with Crippen molar-refractivity contribution < 1.29 is 0 Å². The summed E-state index contributed by atoms with van der Waals surface area (Å²) in [5.41, 5.74) is 2.12. The van der Waals surface area contributed by atoms with Gasteiger partial charge in [0.1, 0.15) is 0 Å². The summed E-state index contributed by atoms with van der Waals surface area (Å²) in [5, 5.41) is 7.22. The smallest absolute Gasteiger partial charge is 0.0934 e. The van der Waals surface area contributed by atoms with Crippen molar-refractivity contribution in [1.29, 1.82) is 0 Å². The molecule has 0 atom stereocenters. The Labute approximate surface area is 122 Å². The average Bonchev–Trinajstić information content (AvgIpc) is 2.81. The Kier molecular flexibility index (Phi) is 3.83. The highest BCUT2D eigenvalue weighted by Crippen LogP contribution is 2.48. The van der Waals surface area contributed by atoms with Gasteiger partial charge >= 0.3 is 0 Å². The molecule has 0 saturated heterocycles. The molecule has 0 unspecified atom stereocenters. The van der Waals surface area contributed by atoms with Crippen molar-refractivity contribution in [3.05, 3.63) is 16.1 Å². The lowest BCUT2D eigenvalue weighted by molar-refractivity contribution is 0.356. The van der Waals surface area contributed by atoms with Gasteiger partial charge in [0.25, 0.3) is 0 Å². The molecule has 1 aromatic rings. The first kappa shape index (κ1) is 15.0. The number of rotatable bonds is 4. The number of nitrogens with zero attached hydrogens (tertiary/aromatic N) is 1. The molecule has 2 rings (SSSR count). The predicted octanol–water partition coefficient (Wildman–Crippen LogP) is 4.15. The zero-order valence-electron chi connectivity index (χ0n) is 13.3. The van der Waals surface area contributed by atoms with Gasteiger partial charge in [0.15, 0.2) is 0 Å². The van der Waals surface area contributed by atoms with E-state index in [9.17, 15) is 0 Å².